The molecule has 0 spiro atoms. The van der Waals surface area contributed by atoms with E-state index < -0.39 is 0 Å². The molecule has 0 atom stereocenters. The number of imidazole rings is 1. The fraction of sp³-hybridized carbons (Fsp3) is 0.368. The van der Waals surface area contributed by atoms with Crippen molar-refractivity contribution in [1.82, 2.24) is 14.4 Å². The molecule has 1 fully saturated rings. The van der Waals surface area contributed by atoms with Gasteiger partial charge in [-0.05, 0) is 30.4 Å². The van der Waals surface area contributed by atoms with Crippen molar-refractivity contribution >= 4 is 46.6 Å². The van der Waals surface area contributed by atoms with E-state index in [1.165, 1.54) is 24.6 Å². The van der Waals surface area contributed by atoms with Crippen molar-refractivity contribution in [2.45, 2.75) is 36.5 Å². The molecule has 4 nitrogen and oxygen atoms in total. The van der Waals surface area contributed by atoms with E-state index in [0.717, 1.165) is 34.5 Å². The summed E-state index contributed by atoms with van der Waals surface area (Å²) >= 11 is 14.0. The quantitative estimate of drug-likeness (QED) is 0.548. The van der Waals surface area contributed by atoms with Crippen molar-refractivity contribution in [1.29, 1.82) is 0 Å². The fourth-order valence-corrected chi connectivity index (χ4v) is 4.59. The summed E-state index contributed by atoms with van der Waals surface area (Å²) in [6, 6.07) is 5.65. The third kappa shape index (κ3) is 3.40. The van der Waals surface area contributed by atoms with Gasteiger partial charge in [-0.25, -0.2) is 9.97 Å². The third-order valence-corrected chi connectivity index (χ3v) is 6.91. The maximum absolute atomic E-state index is 6.34. The van der Waals surface area contributed by atoms with Gasteiger partial charge in [-0.2, -0.15) is 0 Å². The highest BCUT2D eigenvalue weighted by atomic mass is 35.5. The molecule has 1 aliphatic rings. The van der Waals surface area contributed by atoms with Gasteiger partial charge in [0.05, 0.1) is 14.9 Å². The highest BCUT2D eigenvalue weighted by Gasteiger charge is 2.27. The highest BCUT2D eigenvalue weighted by molar-refractivity contribution is 7.99. The Labute approximate surface area is 167 Å². The summed E-state index contributed by atoms with van der Waals surface area (Å²) in [5.41, 5.74) is 1.30. The number of hydrogen-bond donors (Lipinski definition) is 0. The minimum Gasteiger partial charge on any atom is -0.342 e. The van der Waals surface area contributed by atoms with Crippen molar-refractivity contribution < 1.29 is 0 Å². The Bertz CT molecular complexity index is 944. The normalized spacial score (nSPS) is 17.0. The summed E-state index contributed by atoms with van der Waals surface area (Å²) in [6.45, 7) is 6.69. The molecule has 0 saturated carbocycles. The number of benzene rings is 1. The van der Waals surface area contributed by atoms with Crippen LogP contribution in [0.5, 0.6) is 0 Å². The van der Waals surface area contributed by atoms with Gasteiger partial charge in [0.2, 0.25) is 5.95 Å². The van der Waals surface area contributed by atoms with Crippen LogP contribution in [0.25, 0.3) is 5.65 Å². The van der Waals surface area contributed by atoms with Gasteiger partial charge in [-0.3, -0.25) is 4.40 Å². The fourth-order valence-electron chi connectivity index (χ4n) is 3.18. The molecule has 0 radical (unpaired) electrons. The number of rotatable bonds is 3. The number of piperidine rings is 1. The van der Waals surface area contributed by atoms with Crippen molar-refractivity contribution in [2.24, 2.45) is 5.41 Å². The number of hydrogen-bond acceptors (Lipinski definition) is 4. The minimum atomic E-state index is 0.406. The molecule has 136 valence electrons. The molecule has 3 aromatic rings. The Kier molecular flexibility index (Phi) is 4.80. The second-order valence-corrected chi connectivity index (χ2v) is 9.22. The molecular weight excluding hydrogens is 387 g/mol. The summed E-state index contributed by atoms with van der Waals surface area (Å²) in [5, 5.41) is 1.11. The maximum Gasteiger partial charge on any atom is 0.211 e. The van der Waals surface area contributed by atoms with Crippen LogP contribution in [0.3, 0.4) is 0 Å². The van der Waals surface area contributed by atoms with Crippen LogP contribution < -0.4 is 4.90 Å². The molecule has 1 saturated heterocycles. The molecule has 0 aliphatic carbocycles. The first kappa shape index (κ1) is 18.0. The predicted octanol–water partition coefficient (Wildman–Crippen LogP) is 5.81. The lowest BCUT2D eigenvalue weighted by molar-refractivity contribution is 0.278. The van der Waals surface area contributed by atoms with E-state index in [-0.39, 0.29) is 0 Å². The summed E-state index contributed by atoms with van der Waals surface area (Å²) in [5.74, 6) is 0.953. The van der Waals surface area contributed by atoms with Gasteiger partial charge >= 0.3 is 0 Å². The Morgan fingerprint density at radius 2 is 1.85 bits per heavy atom. The van der Waals surface area contributed by atoms with Crippen molar-refractivity contribution in [2.75, 3.05) is 18.0 Å². The van der Waals surface area contributed by atoms with Crippen LogP contribution in [0, 0.1) is 5.41 Å². The van der Waals surface area contributed by atoms with Crippen LogP contribution in [0.15, 0.2) is 46.6 Å². The van der Waals surface area contributed by atoms with Crippen LogP contribution in [0.2, 0.25) is 10.0 Å². The third-order valence-electron chi connectivity index (χ3n) is 4.91. The summed E-state index contributed by atoms with van der Waals surface area (Å²) in [4.78, 5) is 13.5. The SMILES string of the molecule is CC1(C)CCN(c2ncc(Sc3cccc(Cl)c3Cl)c3nccn23)CC1. The van der Waals surface area contributed by atoms with Gasteiger partial charge in [-0.15, -0.1) is 0 Å². The number of halogens is 2. The molecule has 2 aromatic heterocycles. The lowest BCUT2D eigenvalue weighted by Crippen LogP contribution is -2.38. The second kappa shape index (κ2) is 6.95. The van der Waals surface area contributed by atoms with Crippen LogP contribution in [-0.2, 0) is 0 Å². The van der Waals surface area contributed by atoms with Crippen LogP contribution in [-0.4, -0.2) is 27.5 Å². The zero-order valence-corrected chi connectivity index (χ0v) is 17.1. The van der Waals surface area contributed by atoms with E-state index in [0.29, 0.717) is 15.5 Å². The molecular formula is C19H20Cl2N4S. The number of fused-ring (bicyclic) bond motifs is 1. The highest BCUT2D eigenvalue weighted by Crippen LogP contribution is 2.39. The minimum absolute atomic E-state index is 0.406. The maximum atomic E-state index is 6.34. The van der Waals surface area contributed by atoms with Gasteiger partial charge in [-0.1, -0.05) is 54.9 Å². The van der Waals surface area contributed by atoms with Crippen molar-refractivity contribution in [3.05, 3.63) is 46.8 Å². The molecule has 4 rings (SSSR count). The van der Waals surface area contributed by atoms with E-state index in [1.54, 1.807) is 6.07 Å². The summed E-state index contributed by atoms with van der Waals surface area (Å²) < 4.78 is 2.07. The van der Waals surface area contributed by atoms with Gasteiger partial charge in [0.15, 0.2) is 5.65 Å². The zero-order valence-electron chi connectivity index (χ0n) is 14.7. The van der Waals surface area contributed by atoms with E-state index in [2.05, 4.69) is 28.1 Å². The molecule has 26 heavy (non-hydrogen) atoms. The van der Waals surface area contributed by atoms with Crippen LogP contribution in [0.4, 0.5) is 5.95 Å². The van der Waals surface area contributed by atoms with Gasteiger partial charge in [0.1, 0.15) is 0 Å². The first-order valence-corrected chi connectivity index (χ1v) is 10.2. The number of nitrogens with zero attached hydrogens (tertiary/aromatic N) is 4. The summed E-state index contributed by atoms with van der Waals surface area (Å²) in [6.07, 6.45) is 8.01. The molecule has 0 amide bonds. The smallest absolute Gasteiger partial charge is 0.211 e. The molecule has 0 bridgehead atoms. The van der Waals surface area contributed by atoms with Gasteiger partial charge < -0.3 is 4.90 Å². The Hall–Kier alpha value is -1.43. The monoisotopic (exact) mass is 406 g/mol. The average Bonchev–Trinajstić information content (AvgIpc) is 3.10. The zero-order chi connectivity index (χ0) is 18.3. The predicted molar refractivity (Wildman–Crippen MR) is 109 cm³/mol. The Morgan fingerprint density at radius 3 is 2.62 bits per heavy atom. The first-order valence-electron chi connectivity index (χ1n) is 8.63. The molecule has 1 aromatic carbocycles. The molecule has 0 unspecified atom stereocenters. The lowest BCUT2D eigenvalue weighted by atomic mass is 9.83. The van der Waals surface area contributed by atoms with Crippen LogP contribution >= 0.6 is 35.0 Å². The average molecular weight is 407 g/mol. The Morgan fingerprint density at radius 1 is 1.08 bits per heavy atom. The topological polar surface area (TPSA) is 33.4 Å². The Balaban J connectivity index is 1.67. The van der Waals surface area contributed by atoms with Crippen LogP contribution in [0.1, 0.15) is 26.7 Å². The molecule has 0 N–H and O–H groups in total. The van der Waals surface area contributed by atoms with E-state index in [9.17, 15) is 0 Å². The molecule has 3 heterocycles. The molecule has 1 aliphatic heterocycles. The number of anilines is 1. The second-order valence-electron chi connectivity index (χ2n) is 7.35. The van der Waals surface area contributed by atoms with Crippen molar-refractivity contribution in [3.63, 3.8) is 0 Å². The molecule has 7 heteroatoms. The van der Waals surface area contributed by atoms with E-state index in [1.807, 2.05) is 30.7 Å². The lowest BCUT2D eigenvalue weighted by Gasteiger charge is -2.37. The van der Waals surface area contributed by atoms with E-state index in [4.69, 9.17) is 28.2 Å². The van der Waals surface area contributed by atoms with Crippen molar-refractivity contribution in [3.8, 4) is 0 Å². The van der Waals surface area contributed by atoms with Gasteiger partial charge in [0, 0.05) is 36.6 Å². The largest absolute Gasteiger partial charge is 0.342 e. The standard InChI is InChI=1S/C19H20Cl2N4S/c1-19(2)6-9-24(10-7-19)18-23-12-15(17-22-8-11-25(17)18)26-14-5-3-4-13(20)16(14)21/h3-5,8,11-12H,6-7,9-10H2,1-2H3. The number of aromatic nitrogens is 3. The summed E-state index contributed by atoms with van der Waals surface area (Å²) in [7, 11) is 0. The van der Waals surface area contributed by atoms with Gasteiger partial charge in [0.25, 0.3) is 0 Å². The first-order chi connectivity index (χ1) is 12.4. The van der Waals surface area contributed by atoms with E-state index >= 15 is 0 Å².